The Hall–Kier alpha value is -1.59. The van der Waals surface area contributed by atoms with Crippen LogP contribution in [-0.2, 0) is 13.0 Å². The van der Waals surface area contributed by atoms with Crippen molar-refractivity contribution in [1.82, 2.24) is 25.0 Å². The lowest BCUT2D eigenvalue weighted by Crippen LogP contribution is -2.40. The molecule has 1 atom stereocenters. The molecule has 0 saturated carbocycles. The van der Waals surface area contributed by atoms with Crippen molar-refractivity contribution in [3.05, 3.63) is 12.2 Å². The van der Waals surface area contributed by atoms with Gasteiger partial charge in [0.1, 0.15) is 12.2 Å². The molecule has 2 rings (SSSR count). The van der Waals surface area contributed by atoms with E-state index in [0.29, 0.717) is 0 Å². The molecule has 1 aliphatic heterocycles. The fourth-order valence-electron chi connectivity index (χ4n) is 3.31. The summed E-state index contributed by atoms with van der Waals surface area (Å²) in [4.78, 5) is 7.23. The second-order valence-corrected chi connectivity index (χ2v) is 6.76. The van der Waals surface area contributed by atoms with Gasteiger partial charge in [-0.25, -0.2) is 0 Å². The molecular formula is C17H32N6. The number of hydrogen-bond acceptors (Lipinski definition) is 3. The van der Waals surface area contributed by atoms with Crippen LogP contribution in [0.2, 0.25) is 0 Å². The topological polar surface area (TPSA) is 58.3 Å². The van der Waals surface area contributed by atoms with Gasteiger partial charge in [-0.1, -0.05) is 20.8 Å². The number of rotatable bonds is 7. The Morgan fingerprint density at radius 2 is 2.26 bits per heavy atom. The third kappa shape index (κ3) is 5.22. The molecule has 6 nitrogen and oxygen atoms in total. The van der Waals surface area contributed by atoms with E-state index in [9.17, 15) is 0 Å². The van der Waals surface area contributed by atoms with Crippen LogP contribution < -0.4 is 5.32 Å². The molecule has 6 heteroatoms. The van der Waals surface area contributed by atoms with E-state index in [4.69, 9.17) is 4.99 Å². The normalized spacial score (nSPS) is 18.9. The van der Waals surface area contributed by atoms with Crippen LogP contribution in [-0.4, -0.2) is 51.8 Å². The molecule has 2 heterocycles. The molecule has 1 N–H and O–H groups in total. The van der Waals surface area contributed by atoms with E-state index < -0.39 is 0 Å². The van der Waals surface area contributed by atoms with Gasteiger partial charge < -0.3 is 14.8 Å². The van der Waals surface area contributed by atoms with Crippen molar-refractivity contribution in [2.75, 3.05) is 26.2 Å². The molecule has 0 spiro atoms. The highest BCUT2D eigenvalue weighted by atomic mass is 15.3. The van der Waals surface area contributed by atoms with Crippen LogP contribution in [0.5, 0.6) is 0 Å². The smallest absolute Gasteiger partial charge is 0.193 e. The first-order valence-electron chi connectivity index (χ1n) is 9.03. The maximum Gasteiger partial charge on any atom is 0.193 e. The molecule has 23 heavy (non-hydrogen) atoms. The minimum Gasteiger partial charge on any atom is -0.357 e. The third-order valence-corrected chi connectivity index (χ3v) is 4.34. The summed E-state index contributed by atoms with van der Waals surface area (Å²) in [6.07, 6.45) is 5.31. The first-order chi connectivity index (χ1) is 11.1. The Kier molecular flexibility index (Phi) is 6.86. The lowest BCUT2D eigenvalue weighted by atomic mass is 9.97. The number of guanidine groups is 1. The van der Waals surface area contributed by atoms with Crippen LogP contribution in [0, 0.1) is 11.8 Å². The monoisotopic (exact) mass is 320 g/mol. The van der Waals surface area contributed by atoms with Crippen LogP contribution in [0.25, 0.3) is 0 Å². The summed E-state index contributed by atoms with van der Waals surface area (Å²) in [5, 5.41) is 11.5. The number of likely N-dealkylation sites (tertiary alicyclic amines) is 1. The van der Waals surface area contributed by atoms with E-state index in [1.54, 1.807) is 6.33 Å². The quantitative estimate of drug-likeness (QED) is 0.618. The Morgan fingerprint density at radius 3 is 2.96 bits per heavy atom. The largest absolute Gasteiger partial charge is 0.357 e. The molecule has 0 amide bonds. The summed E-state index contributed by atoms with van der Waals surface area (Å²) < 4.78 is 2.10. The van der Waals surface area contributed by atoms with Gasteiger partial charge in [-0.05, 0) is 31.6 Å². The zero-order valence-corrected chi connectivity index (χ0v) is 15.1. The predicted octanol–water partition coefficient (Wildman–Crippen LogP) is 2.17. The van der Waals surface area contributed by atoms with Crippen molar-refractivity contribution < 1.29 is 0 Å². The molecule has 1 aromatic heterocycles. The molecule has 1 unspecified atom stereocenters. The highest BCUT2D eigenvalue weighted by Gasteiger charge is 2.25. The lowest BCUT2D eigenvalue weighted by molar-refractivity contribution is 0.403. The van der Waals surface area contributed by atoms with Crippen molar-refractivity contribution in [2.24, 2.45) is 16.8 Å². The second kappa shape index (κ2) is 8.89. The molecule has 130 valence electrons. The summed E-state index contributed by atoms with van der Waals surface area (Å²) in [6.45, 7) is 13.6. The van der Waals surface area contributed by atoms with Gasteiger partial charge >= 0.3 is 0 Å². The van der Waals surface area contributed by atoms with Gasteiger partial charge in [-0.3, -0.25) is 4.99 Å². The van der Waals surface area contributed by atoms with E-state index in [2.05, 4.69) is 52.7 Å². The molecule has 0 aliphatic carbocycles. The van der Waals surface area contributed by atoms with E-state index in [-0.39, 0.29) is 0 Å². The molecule has 1 aliphatic rings. The van der Waals surface area contributed by atoms with Crippen molar-refractivity contribution >= 4 is 5.96 Å². The van der Waals surface area contributed by atoms with Crippen LogP contribution in [0.1, 0.15) is 46.4 Å². The molecule has 0 aromatic carbocycles. The van der Waals surface area contributed by atoms with Gasteiger partial charge in [-0.2, -0.15) is 0 Å². The number of nitrogens with one attached hydrogen (secondary N) is 1. The van der Waals surface area contributed by atoms with E-state index in [0.717, 1.165) is 62.8 Å². The van der Waals surface area contributed by atoms with E-state index in [1.807, 2.05) is 0 Å². The maximum atomic E-state index is 4.81. The molecule has 0 radical (unpaired) electrons. The lowest BCUT2D eigenvalue weighted by Gasteiger charge is -2.22. The summed E-state index contributed by atoms with van der Waals surface area (Å²) >= 11 is 0. The van der Waals surface area contributed by atoms with Gasteiger partial charge in [0.15, 0.2) is 5.96 Å². The Morgan fingerprint density at radius 1 is 1.43 bits per heavy atom. The van der Waals surface area contributed by atoms with Crippen molar-refractivity contribution in [3.8, 4) is 0 Å². The van der Waals surface area contributed by atoms with Gasteiger partial charge in [0.05, 0.1) is 6.54 Å². The second-order valence-electron chi connectivity index (χ2n) is 6.76. The predicted molar refractivity (Wildman–Crippen MR) is 94.5 cm³/mol. The first-order valence-corrected chi connectivity index (χ1v) is 9.03. The Bertz CT molecular complexity index is 493. The first kappa shape index (κ1) is 17.8. The van der Waals surface area contributed by atoms with Gasteiger partial charge in [-0.15, -0.1) is 10.2 Å². The molecule has 1 aromatic rings. The SMILES string of the molecule is CCNC(=NCCn1cnnc1CC)N1CCC(CC(C)C)C1. The summed E-state index contributed by atoms with van der Waals surface area (Å²) in [5.41, 5.74) is 0. The average molecular weight is 320 g/mol. The number of aromatic nitrogens is 3. The van der Waals surface area contributed by atoms with Gasteiger partial charge in [0.2, 0.25) is 0 Å². The molecular weight excluding hydrogens is 288 g/mol. The molecule has 0 bridgehead atoms. The fraction of sp³-hybridized carbons (Fsp3) is 0.824. The number of aliphatic imine (C=N–C) groups is 1. The molecule has 1 fully saturated rings. The fourth-order valence-corrected chi connectivity index (χ4v) is 3.31. The van der Waals surface area contributed by atoms with Crippen LogP contribution >= 0.6 is 0 Å². The average Bonchev–Trinajstić information content (AvgIpc) is 3.14. The zero-order chi connectivity index (χ0) is 16.7. The minimum atomic E-state index is 0.763. The van der Waals surface area contributed by atoms with Crippen molar-refractivity contribution in [1.29, 1.82) is 0 Å². The van der Waals surface area contributed by atoms with E-state index >= 15 is 0 Å². The zero-order valence-electron chi connectivity index (χ0n) is 15.1. The van der Waals surface area contributed by atoms with Crippen LogP contribution in [0.15, 0.2) is 11.3 Å². The van der Waals surface area contributed by atoms with Crippen LogP contribution in [0.3, 0.4) is 0 Å². The van der Waals surface area contributed by atoms with Gasteiger partial charge in [0, 0.05) is 32.6 Å². The van der Waals surface area contributed by atoms with Crippen molar-refractivity contribution in [2.45, 2.75) is 53.5 Å². The van der Waals surface area contributed by atoms with Crippen molar-refractivity contribution in [3.63, 3.8) is 0 Å². The van der Waals surface area contributed by atoms with E-state index in [1.165, 1.54) is 12.8 Å². The maximum absolute atomic E-state index is 4.81. The highest BCUT2D eigenvalue weighted by Crippen LogP contribution is 2.23. The van der Waals surface area contributed by atoms with Crippen LogP contribution in [0.4, 0.5) is 0 Å². The Balaban J connectivity index is 1.90. The number of hydrogen-bond donors (Lipinski definition) is 1. The number of aryl methyl sites for hydroxylation is 1. The minimum absolute atomic E-state index is 0.763. The summed E-state index contributed by atoms with van der Waals surface area (Å²) in [6, 6.07) is 0. The standard InChI is InChI=1S/C17H32N6/c1-5-16-21-20-13-23(16)10-8-19-17(18-6-2)22-9-7-15(12-22)11-14(3)4/h13-15H,5-12H2,1-4H3,(H,18,19). The Labute approximate surface area is 140 Å². The highest BCUT2D eigenvalue weighted by molar-refractivity contribution is 5.80. The van der Waals surface area contributed by atoms with Gasteiger partial charge in [0.25, 0.3) is 0 Å². The molecule has 1 saturated heterocycles. The summed E-state index contributed by atoms with van der Waals surface area (Å²) in [7, 11) is 0. The summed E-state index contributed by atoms with van der Waals surface area (Å²) in [5.74, 6) is 3.68. The third-order valence-electron chi connectivity index (χ3n) is 4.34. The number of nitrogens with zero attached hydrogens (tertiary/aromatic N) is 5.